The molecule has 0 aromatic rings. The second-order valence-corrected chi connectivity index (χ2v) is 3.15. The highest BCUT2D eigenvalue weighted by Gasteiger charge is 2.51. The molecule has 0 aromatic heterocycles. The van der Waals surface area contributed by atoms with Crippen LogP contribution in [0.1, 0.15) is 12.8 Å². The largest absolute Gasteiger partial charge is 0.369 e. The molecule has 1 aliphatic heterocycles. The Bertz CT molecular complexity index is 163. The van der Waals surface area contributed by atoms with Gasteiger partial charge < -0.3 is 10.1 Å². The molecule has 2 nitrogen and oxygen atoms in total. The second-order valence-electron chi connectivity index (χ2n) is 3.15. The third kappa shape index (κ3) is 1.14. The molecule has 1 saturated carbocycles. The van der Waals surface area contributed by atoms with Crippen LogP contribution in [0.4, 0.5) is 8.78 Å². The second kappa shape index (κ2) is 2.38. The summed E-state index contributed by atoms with van der Waals surface area (Å²) in [6.45, 7) is 1.12. The van der Waals surface area contributed by atoms with E-state index in [1.54, 1.807) is 0 Å². The quantitative estimate of drug-likeness (QED) is 0.569. The van der Waals surface area contributed by atoms with Gasteiger partial charge in [0.25, 0.3) is 5.92 Å². The number of rotatable bonds is 0. The number of nitrogens with one attached hydrogen (secondary N) is 1. The Morgan fingerprint density at radius 2 is 2.27 bits per heavy atom. The molecule has 0 amide bonds. The minimum absolute atomic E-state index is 0.0324. The molecule has 1 saturated heterocycles. The molecule has 2 rings (SSSR count). The van der Waals surface area contributed by atoms with Crippen LogP contribution in [-0.4, -0.2) is 31.2 Å². The van der Waals surface area contributed by atoms with E-state index in [-0.39, 0.29) is 12.5 Å². The molecule has 4 heteroatoms. The lowest BCUT2D eigenvalue weighted by Crippen LogP contribution is -2.50. The first-order valence-electron chi connectivity index (χ1n) is 3.93. The van der Waals surface area contributed by atoms with E-state index < -0.39 is 12.0 Å². The van der Waals surface area contributed by atoms with Crippen LogP contribution in [0.2, 0.25) is 0 Å². The summed E-state index contributed by atoms with van der Waals surface area (Å²) in [4.78, 5) is 0. The van der Waals surface area contributed by atoms with Gasteiger partial charge >= 0.3 is 0 Å². The van der Waals surface area contributed by atoms with Gasteiger partial charge in [-0.05, 0) is 6.42 Å². The summed E-state index contributed by atoms with van der Waals surface area (Å²) < 4.78 is 30.8. The molecule has 0 radical (unpaired) electrons. The molecule has 1 heterocycles. The molecule has 1 N–H and O–H groups in total. The van der Waals surface area contributed by atoms with Crippen molar-refractivity contribution in [2.75, 3.05) is 13.2 Å². The van der Waals surface area contributed by atoms with Crippen LogP contribution < -0.4 is 5.32 Å². The van der Waals surface area contributed by atoms with E-state index in [1.165, 1.54) is 0 Å². The monoisotopic (exact) mass is 163 g/mol. The highest BCUT2D eigenvalue weighted by Crippen LogP contribution is 2.38. The van der Waals surface area contributed by atoms with Crippen LogP contribution in [0.15, 0.2) is 0 Å². The van der Waals surface area contributed by atoms with Crippen molar-refractivity contribution in [1.29, 1.82) is 0 Å². The fourth-order valence-electron chi connectivity index (χ4n) is 1.81. The van der Waals surface area contributed by atoms with Crippen molar-refractivity contribution < 1.29 is 13.5 Å². The zero-order valence-electron chi connectivity index (χ0n) is 6.15. The first-order chi connectivity index (χ1) is 5.20. The van der Waals surface area contributed by atoms with Crippen LogP contribution >= 0.6 is 0 Å². The topological polar surface area (TPSA) is 21.3 Å². The van der Waals surface area contributed by atoms with E-state index in [4.69, 9.17) is 4.74 Å². The first-order valence-corrected chi connectivity index (χ1v) is 3.93. The zero-order chi connectivity index (χ0) is 7.90. The number of alkyl halides is 2. The maximum Gasteiger partial charge on any atom is 0.275 e. The van der Waals surface area contributed by atoms with E-state index in [1.807, 2.05) is 0 Å². The molecule has 1 aliphatic carbocycles. The van der Waals surface area contributed by atoms with Crippen molar-refractivity contribution in [2.45, 2.75) is 30.9 Å². The van der Waals surface area contributed by atoms with Crippen LogP contribution in [0, 0.1) is 0 Å². The fourth-order valence-corrected chi connectivity index (χ4v) is 1.81. The number of hydrogen-bond donors (Lipinski definition) is 1. The van der Waals surface area contributed by atoms with Gasteiger partial charge in [-0.3, -0.25) is 0 Å². The highest BCUT2D eigenvalue weighted by atomic mass is 19.3. The van der Waals surface area contributed by atoms with Crippen molar-refractivity contribution in [3.63, 3.8) is 0 Å². The normalized spacial score (nSPS) is 42.0. The molecule has 0 spiro atoms. The maximum atomic E-state index is 12.9. The van der Waals surface area contributed by atoms with Crippen LogP contribution in [0.5, 0.6) is 0 Å². The smallest absolute Gasteiger partial charge is 0.275 e. The molecular weight excluding hydrogens is 152 g/mol. The summed E-state index contributed by atoms with van der Waals surface area (Å²) >= 11 is 0. The Hall–Kier alpha value is -0.220. The summed E-state index contributed by atoms with van der Waals surface area (Å²) in [6.07, 6.45) is -0.358. The lowest BCUT2D eigenvalue weighted by Gasteiger charge is -2.29. The van der Waals surface area contributed by atoms with Gasteiger partial charge in [0.05, 0.1) is 6.61 Å². The van der Waals surface area contributed by atoms with Gasteiger partial charge in [0.2, 0.25) is 0 Å². The molecule has 2 aliphatic rings. The van der Waals surface area contributed by atoms with E-state index in [2.05, 4.69) is 5.32 Å². The summed E-state index contributed by atoms with van der Waals surface area (Å²) in [6, 6.07) is -0.112. The minimum atomic E-state index is -2.60. The average molecular weight is 163 g/mol. The predicted octanol–water partition coefficient (Wildman–Crippen LogP) is 0.772. The Kier molecular flexibility index (Phi) is 1.61. The van der Waals surface area contributed by atoms with E-state index in [9.17, 15) is 8.78 Å². The number of halogens is 2. The number of ether oxygens (including phenoxy) is 1. The maximum absolute atomic E-state index is 12.9. The van der Waals surface area contributed by atoms with Crippen molar-refractivity contribution in [2.24, 2.45) is 0 Å². The minimum Gasteiger partial charge on any atom is -0.369 e. The van der Waals surface area contributed by atoms with Gasteiger partial charge in [-0.25, -0.2) is 8.78 Å². The molecule has 11 heavy (non-hydrogen) atoms. The lowest BCUT2D eigenvalue weighted by molar-refractivity contribution is -0.134. The van der Waals surface area contributed by atoms with Gasteiger partial charge in [0, 0.05) is 19.0 Å². The van der Waals surface area contributed by atoms with Crippen molar-refractivity contribution >= 4 is 0 Å². The number of morpholine rings is 1. The van der Waals surface area contributed by atoms with Crippen LogP contribution in [0.3, 0.4) is 0 Å². The van der Waals surface area contributed by atoms with E-state index >= 15 is 0 Å². The number of fused-ring (bicyclic) bond motifs is 1. The third-order valence-corrected chi connectivity index (χ3v) is 2.38. The lowest BCUT2D eigenvalue weighted by atomic mass is 10.1. The van der Waals surface area contributed by atoms with Gasteiger partial charge in [0.1, 0.15) is 6.10 Å². The SMILES string of the molecule is FC1(F)CCC2NCCOC21. The summed E-state index contributed by atoms with van der Waals surface area (Å²) in [7, 11) is 0. The number of hydrogen-bond acceptors (Lipinski definition) is 2. The molecule has 2 unspecified atom stereocenters. The Balaban J connectivity index is 2.10. The highest BCUT2D eigenvalue weighted by molar-refractivity contribution is 4.97. The zero-order valence-corrected chi connectivity index (χ0v) is 6.15. The van der Waals surface area contributed by atoms with Gasteiger partial charge in [-0.2, -0.15) is 0 Å². The van der Waals surface area contributed by atoms with Gasteiger partial charge in [-0.15, -0.1) is 0 Å². The van der Waals surface area contributed by atoms with E-state index in [0.717, 1.165) is 0 Å². The molecule has 64 valence electrons. The van der Waals surface area contributed by atoms with Gasteiger partial charge in [0.15, 0.2) is 0 Å². The molecule has 2 fully saturated rings. The molecule has 0 bridgehead atoms. The Morgan fingerprint density at radius 3 is 3.00 bits per heavy atom. The summed E-state index contributed by atoms with van der Waals surface area (Å²) in [5.74, 6) is -2.60. The predicted molar refractivity (Wildman–Crippen MR) is 35.7 cm³/mol. The van der Waals surface area contributed by atoms with Gasteiger partial charge in [-0.1, -0.05) is 0 Å². The van der Waals surface area contributed by atoms with E-state index in [0.29, 0.717) is 19.6 Å². The van der Waals surface area contributed by atoms with Crippen LogP contribution in [0.25, 0.3) is 0 Å². The summed E-state index contributed by atoms with van der Waals surface area (Å²) in [5, 5.41) is 3.03. The standard InChI is InChI=1S/C7H11F2NO/c8-7(9)2-1-5-6(7)11-4-3-10-5/h5-6,10H,1-4H2. The fraction of sp³-hybridized carbons (Fsp3) is 1.00. The summed E-state index contributed by atoms with van der Waals surface area (Å²) in [5.41, 5.74) is 0. The van der Waals surface area contributed by atoms with Crippen LogP contribution in [-0.2, 0) is 4.74 Å². The Morgan fingerprint density at radius 1 is 1.45 bits per heavy atom. The third-order valence-electron chi connectivity index (χ3n) is 2.38. The van der Waals surface area contributed by atoms with Crippen molar-refractivity contribution in [1.82, 2.24) is 5.32 Å². The first kappa shape index (κ1) is 7.43. The van der Waals surface area contributed by atoms with Crippen molar-refractivity contribution in [3.8, 4) is 0 Å². The molecule has 2 atom stereocenters. The van der Waals surface area contributed by atoms with Crippen molar-refractivity contribution in [3.05, 3.63) is 0 Å². The Labute approximate surface area is 63.9 Å². The average Bonchev–Trinajstić information content (AvgIpc) is 2.29. The molecular formula is C7H11F2NO. The molecule has 0 aromatic carbocycles.